The Morgan fingerprint density at radius 1 is 1.00 bits per heavy atom. The van der Waals surface area contributed by atoms with Gasteiger partial charge in [-0.05, 0) is 37.5 Å². The Balaban J connectivity index is 2.25. The van der Waals surface area contributed by atoms with Gasteiger partial charge < -0.3 is 0 Å². The Labute approximate surface area is 90.8 Å². The van der Waals surface area contributed by atoms with Gasteiger partial charge in [-0.3, -0.25) is 4.98 Å². The van der Waals surface area contributed by atoms with Gasteiger partial charge in [0, 0.05) is 12.4 Å². The number of rotatable bonds is 2. The van der Waals surface area contributed by atoms with Crippen LogP contribution in [0.1, 0.15) is 22.3 Å². The number of aromatic nitrogens is 1. The minimum atomic E-state index is 0.969. The molecule has 0 spiro atoms. The topological polar surface area (TPSA) is 12.9 Å². The van der Waals surface area contributed by atoms with Crippen molar-refractivity contribution in [2.45, 2.75) is 20.3 Å². The van der Waals surface area contributed by atoms with Crippen LogP contribution < -0.4 is 0 Å². The summed E-state index contributed by atoms with van der Waals surface area (Å²) in [7, 11) is 0. The molecule has 0 radical (unpaired) electrons. The molecule has 2 rings (SSSR count). The molecule has 0 fully saturated rings. The van der Waals surface area contributed by atoms with Crippen LogP contribution in [-0.2, 0) is 6.42 Å². The van der Waals surface area contributed by atoms with Crippen molar-refractivity contribution in [3.63, 3.8) is 0 Å². The summed E-state index contributed by atoms with van der Waals surface area (Å²) in [6.45, 7) is 4.28. The van der Waals surface area contributed by atoms with Gasteiger partial charge in [0.2, 0.25) is 0 Å². The Bertz CT molecular complexity index is 426. The number of hydrogen-bond acceptors (Lipinski definition) is 1. The maximum absolute atomic E-state index is 4.13. The van der Waals surface area contributed by atoms with Gasteiger partial charge >= 0.3 is 0 Å². The lowest BCUT2D eigenvalue weighted by atomic mass is 10.0. The maximum atomic E-state index is 4.13. The van der Waals surface area contributed by atoms with Crippen LogP contribution in [0.3, 0.4) is 0 Å². The maximum Gasteiger partial charge on any atom is 0.0303 e. The summed E-state index contributed by atoms with van der Waals surface area (Å²) in [6, 6.07) is 10.8. The highest BCUT2D eigenvalue weighted by Gasteiger charge is 1.98. The minimum absolute atomic E-state index is 0.969. The Kier molecular flexibility index (Phi) is 2.82. The Hall–Kier alpha value is -1.63. The molecule has 0 aliphatic rings. The van der Waals surface area contributed by atoms with Gasteiger partial charge in [-0.1, -0.05) is 35.4 Å². The summed E-state index contributed by atoms with van der Waals surface area (Å²) >= 11 is 0. The SMILES string of the molecule is Cc1cc(C)cc(Cc2cccnc2)c1. The zero-order chi connectivity index (χ0) is 10.7. The fourth-order valence-electron chi connectivity index (χ4n) is 1.91. The highest BCUT2D eigenvalue weighted by atomic mass is 14.6. The Morgan fingerprint density at radius 3 is 2.33 bits per heavy atom. The summed E-state index contributed by atoms with van der Waals surface area (Å²) in [6.07, 6.45) is 4.71. The van der Waals surface area contributed by atoms with Gasteiger partial charge in [0.25, 0.3) is 0 Å². The molecular formula is C14H15N. The molecule has 0 atom stereocenters. The van der Waals surface area contributed by atoms with E-state index >= 15 is 0 Å². The van der Waals surface area contributed by atoms with Crippen molar-refractivity contribution in [1.82, 2.24) is 4.98 Å². The third-order valence-electron chi connectivity index (χ3n) is 2.41. The summed E-state index contributed by atoms with van der Waals surface area (Å²) in [5, 5.41) is 0. The zero-order valence-corrected chi connectivity index (χ0v) is 9.20. The average Bonchev–Trinajstić information content (AvgIpc) is 2.17. The molecule has 1 aromatic carbocycles. The number of hydrogen-bond donors (Lipinski definition) is 0. The van der Waals surface area contributed by atoms with Gasteiger partial charge in [0.15, 0.2) is 0 Å². The molecule has 2 aromatic rings. The molecule has 0 amide bonds. The lowest BCUT2D eigenvalue weighted by Gasteiger charge is -2.04. The molecule has 1 heteroatoms. The summed E-state index contributed by atoms with van der Waals surface area (Å²) in [4.78, 5) is 4.13. The van der Waals surface area contributed by atoms with E-state index in [1.54, 1.807) is 0 Å². The molecule has 0 aliphatic carbocycles. The third-order valence-corrected chi connectivity index (χ3v) is 2.41. The van der Waals surface area contributed by atoms with Crippen LogP contribution in [0.15, 0.2) is 42.7 Å². The summed E-state index contributed by atoms with van der Waals surface area (Å²) < 4.78 is 0. The molecule has 1 aromatic heterocycles. The van der Waals surface area contributed by atoms with Gasteiger partial charge in [0.1, 0.15) is 0 Å². The fourth-order valence-corrected chi connectivity index (χ4v) is 1.91. The first-order valence-corrected chi connectivity index (χ1v) is 5.20. The zero-order valence-electron chi connectivity index (χ0n) is 9.20. The number of nitrogens with zero attached hydrogens (tertiary/aromatic N) is 1. The molecule has 0 saturated heterocycles. The molecule has 0 N–H and O–H groups in total. The second-order valence-corrected chi connectivity index (χ2v) is 4.03. The largest absolute Gasteiger partial charge is 0.264 e. The van der Waals surface area contributed by atoms with Crippen LogP contribution in [0.2, 0.25) is 0 Å². The van der Waals surface area contributed by atoms with Crippen molar-refractivity contribution in [1.29, 1.82) is 0 Å². The number of benzene rings is 1. The van der Waals surface area contributed by atoms with E-state index in [0.717, 1.165) is 6.42 Å². The van der Waals surface area contributed by atoms with E-state index in [9.17, 15) is 0 Å². The first-order chi connectivity index (χ1) is 7.24. The van der Waals surface area contributed by atoms with E-state index in [1.807, 2.05) is 18.5 Å². The van der Waals surface area contributed by atoms with E-state index in [2.05, 4.69) is 43.1 Å². The molecule has 0 unspecified atom stereocenters. The molecule has 0 aliphatic heterocycles. The second-order valence-electron chi connectivity index (χ2n) is 4.03. The van der Waals surface area contributed by atoms with E-state index in [-0.39, 0.29) is 0 Å². The molecule has 1 nitrogen and oxygen atoms in total. The lowest BCUT2D eigenvalue weighted by Crippen LogP contribution is -1.90. The summed E-state index contributed by atoms with van der Waals surface area (Å²) in [5.74, 6) is 0. The van der Waals surface area contributed by atoms with Crippen LogP contribution in [0, 0.1) is 13.8 Å². The van der Waals surface area contributed by atoms with Gasteiger partial charge in [-0.2, -0.15) is 0 Å². The molecule has 15 heavy (non-hydrogen) atoms. The van der Waals surface area contributed by atoms with Crippen molar-refractivity contribution >= 4 is 0 Å². The van der Waals surface area contributed by atoms with E-state index in [0.29, 0.717) is 0 Å². The van der Waals surface area contributed by atoms with Crippen LogP contribution in [0.4, 0.5) is 0 Å². The fraction of sp³-hybridized carbons (Fsp3) is 0.214. The van der Waals surface area contributed by atoms with Crippen molar-refractivity contribution in [2.24, 2.45) is 0 Å². The van der Waals surface area contributed by atoms with Crippen molar-refractivity contribution in [3.8, 4) is 0 Å². The summed E-state index contributed by atoms with van der Waals surface area (Å²) in [5.41, 5.74) is 5.28. The van der Waals surface area contributed by atoms with Crippen LogP contribution in [-0.4, -0.2) is 4.98 Å². The van der Waals surface area contributed by atoms with Crippen molar-refractivity contribution in [2.75, 3.05) is 0 Å². The molecule has 76 valence electrons. The van der Waals surface area contributed by atoms with Crippen molar-refractivity contribution in [3.05, 3.63) is 65.0 Å². The smallest absolute Gasteiger partial charge is 0.0303 e. The van der Waals surface area contributed by atoms with E-state index in [4.69, 9.17) is 0 Å². The molecule has 0 saturated carbocycles. The third kappa shape index (κ3) is 2.66. The highest BCUT2D eigenvalue weighted by Crippen LogP contribution is 2.12. The van der Waals surface area contributed by atoms with E-state index < -0.39 is 0 Å². The number of pyridine rings is 1. The molecule has 1 heterocycles. The van der Waals surface area contributed by atoms with Gasteiger partial charge in [0.05, 0.1) is 0 Å². The molecular weight excluding hydrogens is 182 g/mol. The van der Waals surface area contributed by atoms with E-state index in [1.165, 1.54) is 22.3 Å². The van der Waals surface area contributed by atoms with Crippen LogP contribution in [0.25, 0.3) is 0 Å². The first kappa shape index (κ1) is 9.91. The monoisotopic (exact) mass is 197 g/mol. The predicted octanol–water partition coefficient (Wildman–Crippen LogP) is 3.29. The second kappa shape index (κ2) is 4.26. The van der Waals surface area contributed by atoms with Crippen LogP contribution in [0.5, 0.6) is 0 Å². The lowest BCUT2D eigenvalue weighted by molar-refractivity contribution is 1.13. The predicted molar refractivity (Wildman–Crippen MR) is 63.0 cm³/mol. The molecule has 0 bridgehead atoms. The van der Waals surface area contributed by atoms with Gasteiger partial charge in [-0.25, -0.2) is 0 Å². The standard InChI is InChI=1S/C14H15N/c1-11-6-12(2)8-14(7-11)9-13-4-3-5-15-10-13/h3-8,10H,9H2,1-2H3. The normalized spacial score (nSPS) is 10.3. The Morgan fingerprint density at radius 2 is 1.73 bits per heavy atom. The quantitative estimate of drug-likeness (QED) is 0.720. The highest BCUT2D eigenvalue weighted by molar-refractivity contribution is 5.31. The number of aryl methyl sites for hydroxylation is 2. The van der Waals surface area contributed by atoms with Crippen LogP contribution >= 0.6 is 0 Å². The van der Waals surface area contributed by atoms with Crippen molar-refractivity contribution < 1.29 is 0 Å². The average molecular weight is 197 g/mol. The minimum Gasteiger partial charge on any atom is -0.264 e. The first-order valence-electron chi connectivity index (χ1n) is 5.20. The van der Waals surface area contributed by atoms with Gasteiger partial charge in [-0.15, -0.1) is 0 Å².